The molecule has 2 heterocycles. The average Bonchev–Trinajstić information content (AvgIpc) is 2.97. The van der Waals surface area contributed by atoms with Gasteiger partial charge in [0.1, 0.15) is 16.9 Å². The number of ether oxygens (including phenoxy) is 2. The van der Waals surface area contributed by atoms with Gasteiger partial charge in [-0.15, -0.1) is 4.57 Å². The molecule has 0 bridgehead atoms. The van der Waals surface area contributed by atoms with Crippen LogP contribution >= 0.6 is 0 Å². The molecule has 1 aromatic carbocycles. The Morgan fingerprint density at radius 1 is 1.25 bits per heavy atom. The zero-order chi connectivity index (χ0) is 20.9. The van der Waals surface area contributed by atoms with Gasteiger partial charge < -0.3 is 19.6 Å². The molecule has 1 amide bonds. The lowest BCUT2D eigenvalue weighted by Crippen LogP contribution is -2.34. The molecule has 3 rings (SSSR count). The summed E-state index contributed by atoms with van der Waals surface area (Å²) in [6.45, 7) is 8.53. The van der Waals surface area contributed by atoms with E-state index in [4.69, 9.17) is 9.47 Å². The van der Waals surface area contributed by atoms with Crippen molar-refractivity contribution in [3.8, 4) is 11.3 Å². The summed E-state index contributed by atoms with van der Waals surface area (Å²) in [6.07, 6.45) is -1.40. The number of nitrogens with one attached hydrogen (secondary N) is 1. The number of carbonyl (C=O) groups excluding carboxylic acids is 2. The minimum absolute atomic E-state index is 0.302. The lowest BCUT2D eigenvalue weighted by atomic mass is 9.92. The molecule has 0 atom stereocenters. The SMILES string of the molecule is CC(C)(C)OC(=O)n1c(-c2ccc3c(c2)C(C)(C)OC(=O)N3)ccc1[N+](=O)[O-]. The van der Waals surface area contributed by atoms with E-state index in [1.165, 1.54) is 12.1 Å². The second-order valence-electron chi connectivity index (χ2n) is 7.93. The summed E-state index contributed by atoms with van der Waals surface area (Å²) in [5, 5.41) is 14.0. The van der Waals surface area contributed by atoms with Gasteiger partial charge >= 0.3 is 18.0 Å². The summed E-state index contributed by atoms with van der Waals surface area (Å²) in [7, 11) is 0. The second kappa shape index (κ2) is 6.36. The van der Waals surface area contributed by atoms with Crippen molar-refractivity contribution in [2.24, 2.45) is 0 Å². The maximum absolute atomic E-state index is 12.7. The van der Waals surface area contributed by atoms with E-state index in [-0.39, 0.29) is 0 Å². The van der Waals surface area contributed by atoms with E-state index in [9.17, 15) is 19.7 Å². The molecule has 0 saturated heterocycles. The molecule has 0 aliphatic carbocycles. The summed E-state index contributed by atoms with van der Waals surface area (Å²) in [6, 6.07) is 7.81. The number of aromatic nitrogens is 1. The third-order valence-electron chi connectivity index (χ3n) is 4.17. The van der Waals surface area contributed by atoms with Crippen LogP contribution in [0.4, 0.5) is 21.1 Å². The van der Waals surface area contributed by atoms with Crippen molar-refractivity contribution < 1.29 is 24.0 Å². The molecular weight excluding hydrogens is 366 g/mol. The minimum atomic E-state index is -0.900. The Morgan fingerprint density at radius 2 is 1.93 bits per heavy atom. The highest BCUT2D eigenvalue weighted by atomic mass is 16.6. The van der Waals surface area contributed by atoms with E-state index in [2.05, 4.69) is 5.32 Å². The number of hydrogen-bond acceptors (Lipinski definition) is 6. The van der Waals surface area contributed by atoms with Gasteiger partial charge in [-0.2, -0.15) is 4.79 Å². The minimum Gasteiger partial charge on any atom is -0.438 e. The van der Waals surface area contributed by atoms with Gasteiger partial charge in [0.25, 0.3) is 0 Å². The Morgan fingerprint density at radius 3 is 2.54 bits per heavy atom. The Balaban J connectivity index is 2.14. The summed E-state index contributed by atoms with van der Waals surface area (Å²) in [4.78, 5) is 35.1. The first kappa shape index (κ1) is 19.4. The van der Waals surface area contributed by atoms with Crippen LogP contribution in [0.1, 0.15) is 40.2 Å². The van der Waals surface area contributed by atoms with Crippen LogP contribution in [-0.4, -0.2) is 27.3 Å². The molecule has 9 heteroatoms. The Kier molecular flexibility index (Phi) is 4.41. The summed E-state index contributed by atoms with van der Waals surface area (Å²) in [5.41, 5.74) is 0.395. The zero-order valence-electron chi connectivity index (χ0n) is 16.2. The van der Waals surface area contributed by atoms with E-state index in [0.29, 0.717) is 22.5 Å². The van der Waals surface area contributed by atoms with Crippen LogP contribution < -0.4 is 5.32 Å². The van der Waals surface area contributed by atoms with E-state index < -0.39 is 34.1 Å². The first-order valence-corrected chi connectivity index (χ1v) is 8.63. The topological polar surface area (TPSA) is 113 Å². The van der Waals surface area contributed by atoms with Crippen molar-refractivity contribution in [2.45, 2.75) is 45.8 Å². The standard InChI is InChI=1S/C19H21N3O6/c1-18(2,3)28-17(24)21-14(8-9-15(21)22(25)26)11-6-7-13-12(10-11)19(4,5)27-16(23)20-13/h6-10H,1-5H3,(H,20,23). The van der Waals surface area contributed by atoms with Gasteiger partial charge in [0, 0.05) is 17.2 Å². The van der Waals surface area contributed by atoms with E-state index in [1.54, 1.807) is 52.8 Å². The molecule has 1 aliphatic heterocycles. The molecule has 1 aliphatic rings. The largest absolute Gasteiger partial charge is 0.513 e. The first-order chi connectivity index (χ1) is 12.9. The molecule has 0 saturated carbocycles. The molecule has 9 nitrogen and oxygen atoms in total. The van der Waals surface area contributed by atoms with Crippen LogP contribution in [0.2, 0.25) is 0 Å². The predicted molar refractivity (Wildman–Crippen MR) is 101 cm³/mol. The number of fused-ring (bicyclic) bond motifs is 1. The van der Waals surface area contributed by atoms with Gasteiger partial charge in [-0.05, 0) is 63.8 Å². The molecule has 28 heavy (non-hydrogen) atoms. The lowest BCUT2D eigenvalue weighted by molar-refractivity contribution is -0.390. The normalized spacial score (nSPS) is 15.2. The molecule has 1 aromatic heterocycles. The smallest absolute Gasteiger partial charge is 0.438 e. The van der Waals surface area contributed by atoms with Crippen LogP contribution in [0.25, 0.3) is 11.3 Å². The molecule has 0 radical (unpaired) electrons. The summed E-state index contributed by atoms with van der Waals surface area (Å²) < 4.78 is 11.6. The van der Waals surface area contributed by atoms with Crippen molar-refractivity contribution >= 4 is 23.7 Å². The number of benzene rings is 1. The van der Waals surface area contributed by atoms with Crippen molar-refractivity contribution in [1.82, 2.24) is 4.57 Å². The van der Waals surface area contributed by atoms with Crippen LogP contribution in [0, 0.1) is 10.1 Å². The third-order valence-corrected chi connectivity index (χ3v) is 4.17. The van der Waals surface area contributed by atoms with Crippen molar-refractivity contribution in [3.63, 3.8) is 0 Å². The molecule has 1 N–H and O–H groups in total. The molecule has 2 aromatic rings. The quantitative estimate of drug-likeness (QED) is 0.593. The number of rotatable bonds is 2. The maximum Gasteiger partial charge on any atom is 0.513 e. The lowest BCUT2D eigenvalue weighted by Gasteiger charge is -2.32. The first-order valence-electron chi connectivity index (χ1n) is 8.63. The van der Waals surface area contributed by atoms with E-state index >= 15 is 0 Å². The van der Waals surface area contributed by atoms with Crippen LogP contribution in [0.5, 0.6) is 0 Å². The van der Waals surface area contributed by atoms with E-state index in [0.717, 1.165) is 4.57 Å². The number of cyclic esters (lactones) is 1. The van der Waals surface area contributed by atoms with Crippen molar-refractivity contribution in [1.29, 1.82) is 0 Å². The highest BCUT2D eigenvalue weighted by Crippen LogP contribution is 2.39. The number of amides is 1. The van der Waals surface area contributed by atoms with Gasteiger partial charge in [-0.3, -0.25) is 5.32 Å². The van der Waals surface area contributed by atoms with Crippen LogP contribution in [-0.2, 0) is 15.1 Å². The van der Waals surface area contributed by atoms with Crippen molar-refractivity contribution in [2.75, 3.05) is 5.32 Å². The van der Waals surface area contributed by atoms with Gasteiger partial charge in [0.2, 0.25) is 0 Å². The predicted octanol–water partition coefficient (Wildman–Crippen LogP) is 4.64. The van der Waals surface area contributed by atoms with Gasteiger partial charge in [0.15, 0.2) is 0 Å². The maximum atomic E-state index is 12.7. The molecule has 148 valence electrons. The number of nitro groups is 1. The second-order valence-corrected chi connectivity index (χ2v) is 7.93. The van der Waals surface area contributed by atoms with Crippen molar-refractivity contribution in [3.05, 3.63) is 46.0 Å². The highest BCUT2D eigenvalue weighted by Gasteiger charge is 2.35. The molecule has 0 unspecified atom stereocenters. The Labute approximate surface area is 161 Å². The molecular formula is C19H21N3O6. The number of carbonyl (C=O) groups is 2. The summed E-state index contributed by atoms with van der Waals surface area (Å²) >= 11 is 0. The Bertz CT molecular complexity index is 984. The van der Waals surface area contributed by atoms with Gasteiger partial charge in [-0.1, -0.05) is 0 Å². The van der Waals surface area contributed by atoms with E-state index in [1.807, 2.05) is 0 Å². The molecule has 0 spiro atoms. The monoisotopic (exact) mass is 387 g/mol. The zero-order valence-corrected chi connectivity index (χ0v) is 16.2. The molecule has 0 fully saturated rings. The fourth-order valence-corrected chi connectivity index (χ4v) is 3.03. The Hall–Kier alpha value is -3.36. The third kappa shape index (κ3) is 3.55. The number of hydrogen-bond donors (Lipinski definition) is 1. The van der Waals surface area contributed by atoms with Gasteiger partial charge in [-0.25, -0.2) is 4.79 Å². The highest BCUT2D eigenvalue weighted by molar-refractivity contribution is 5.90. The average molecular weight is 387 g/mol. The van der Waals surface area contributed by atoms with Gasteiger partial charge in [0.05, 0.1) is 5.69 Å². The fraction of sp³-hybridized carbons (Fsp3) is 0.368. The number of anilines is 1. The fourth-order valence-electron chi connectivity index (χ4n) is 3.03. The number of nitrogens with zero attached hydrogens (tertiary/aromatic N) is 2. The van der Waals surface area contributed by atoms with Crippen LogP contribution in [0.3, 0.4) is 0 Å². The van der Waals surface area contributed by atoms with Crippen LogP contribution in [0.15, 0.2) is 30.3 Å². The summed E-state index contributed by atoms with van der Waals surface area (Å²) in [5.74, 6) is -0.397.